The van der Waals surface area contributed by atoms with E-state index in [1.54, 1.807) is 18.2 Å². The minimum atomic E-state index is -1.16. The molecule has 4 nitrogen and oxygen atoms in total. The molecule has 0 aromatic heterocycles. The van der Waals surface area contributed by atoms with Crippen molar-refractivity contribution in [3.05, 3.63) is 47.0 Å². The summed E-state index contributed by atoms with van der Waals surface area (Å²) in [5.74, 6) is -2.64. The average Bonchev–Trinajstić information content (AvgIpc) is 2.49. The van der Waals surface area contributed by atoms with Crippen LogP contribution in [-0.4, -0.2) is 18.4 Å². The highest BCUT2D eigenvalue weighted by Crippen LogP contribution is 2.25. The van der Waals surface area contributed by atoms with Crippen molar-refractivity contribution >= 4 is 23.5 Å². The van der Waals surface area contributed by atoms with Gasteiger partial charge in [0.25, 0.3) is 0 Å². The van der Waals surface area contributed by atoms with Crippen molar-refractivity contribution in [2.24, 2.45) is 11.8 Å². The van der Waals surface area contributed by atoms with Gasteiger partial charge in [0.1, 0.15) is 0 Å². The third-order valence-electron chi connectivity index (χ3n) is 3.70. The Bertz CT molecular complexity index is 539. The van der Waals surface area contributed by atoms with Gasteiger partial charge < -0.3 is 15.2 Å². The van der Waals surface area contributed by atoms with Crippen molar-refractivity contribution in [1.29, 1.82) is 0 Å². The van der Waals surface area contributed by atoms with Gasteiger partial charge in [0.15, 0.2) is 0 Å². The zero-order valence-corrected chi connectivity index (χ0v) is 12.3. The van der Waals surface area contributed by atoms with Crippen molar-refractivity contribution < 1.29 is 14.7 Å². The van der Waals surface area contributed by atoms with Crippen LogP contribution < -0.4 is 10.4 Å². The summed E-state index contributed by atoms with van der Waals surface area (Å²) in [6.07, 6.45) is 5.13. The van der Waals surface area contributed by atoms with Gasteiger partial charge in [0.05, 0.1) is 0 Å². The number of benzene rings is 1. The molecule has 1 amide bonds. The molecule has 1 aromatic carbocycles. The number of aliphatic carboxylic acids is 1. The van der Waals surface area contributed by atoms with Crippen molar-refractivity contribution in [3.63, 3.8) is 0 Å². The molecule has 0 aliphatic heterocycles. The van der Waals surface area contributed by atoms with E-state index in [4.69, 9.17) is 11.6 Å². The van der Waals surface area contributed by atoms with E-state index < -0.39 is 17.8 Å². The monoisotopic (exact) mass is 306 g/mol. The predicted octanol–water partition coefficient (Wildman–Crippen LogP) is 1.33. The first-order chi connectivity index (χ1) is 10.1. The molecular formula is C16H17ClNO3-. The van der Waals surface area contributed by atoms with E-state index in [9.17, 15) is 14.7 Å². The summed E-state index contributed by atoms with van der Waals surface area (Å²) in [5.41, 5.74) is 1.07. The van der Waals surface area contributed by atoms with Gasteiger partial charge in [-0.3, -0.25) is 4.79 Å². The van der Waals surface area contributed by atoms with Crippen LogP contribution in [0.15, 0.2) is 36.4 Å². The van der Waals surface area contributed by atoms with Gasteiger partial charge in [-0.1, -0.05) is 35.9 Å². The van der Waals surface area contributed by atoms with Gasteiger partial charge in [0.2, 0.25) is 5.91 Å². The third-order valence-corrected chi connectivity index (χ3v) is 3.95. The fraction of sp³-hybridized carbons (Fsp3) is 0.375. The van der Waals surface area contributed by atoms with Crippen LogP contribution in [0.3, 0.4) is 0 Å². The van der Waals surface area contributed by atoms with Crippen LogP contribution in [0.2, 0.25) is 5.02 Å². The van der Waals surface area contributed by atoms with Gasteiger partial charge in [-0.05, 0) is 37.0 Å². The molecule has 5 heteroatoms. The van der Waals surface area contributed by atoms with Gasteiger partial charge in [-0.25, -0.2) is 0 Å². The molecule has 0 fully saturated rings. The number of carbonyl (C=O) groups excluding carboxylic acids is 2. The number of allylic oxidation sites excluding steroid dienone is 2. The van der Waals surface area contributed by atoms with Gasteiger partial charge in [-0.15, -0.1) is 0 Å². The smallest absolute Gasteiger partial charge is 0.224 e. The normalized spacial score (nSPS) is 21.0. The van der Waals surface area contributed by atoms with Crippen molar-refractivity contribution in [1.82, 2.24) is 5.32 Å². The second-order valence-electron chi connectivity index (χ2n) is 5.14. The van der Waals surface area contributed by atoms with Gasteiger partial charge in [0, 0.05) is 29.4 Å². The summed E-state index contributed by atoms with van der Waals surface area (Å²) >= 11 is 5.81. The lowest BCUT2D eigenvalue weighted by molar-refractivity contribution is -0.313. The van der Waals surface area contributed by atoms with Gasteiger partial charge >= 0.3 is 0 Å². The number of carbonyl (C=O) groups is 2. The first-order valence-electron chi connectivity index (χ1n) is 6.96. The Morgan fingerprint density at radius 3 is 2.38 bits per heavy atom. The molecule has 0 saturated heterocycles. The minimum absolute atomic E-state index is 0.220. The molecule has 0 radical (unpaired) electrons. The molecule has 0 bridgehead atoms. The van der Waals surface area contributed by atoms with Crippen LogP contribution in [0.1, 0.15) is 18.4 Å². The Hall–Kier alpha value is -1.81. The van der Waals surface area contributed by atoms with E-state index in [1.165, 1.54) is 0 Å². The average molecular weight is 307 g/mol. The van der Waals surface area contributed by atoms with Crippen LogP contribution >= 0.6 is 11.6 Å². The summed E-state index contributed by atoms with van der Waals surface area (Å²) in [6.45, 7) is 0.473. The second-order valence-corrected chi connectivity index (χ2v) is 5.58. The lowest BCUT2D eigenvalue weighted by atomic mass is 9.82. The fourth-order valence-corrected chi connectivity index (χ4v) is 2.60. The Balaban J connectivity index is 1.85. The van der Waals surface area contributed by atoms with Crippen LogP contribution in [0.5, 0.6) is 0 Å². The number of nitrogens with one attached hydrogen (secondary N) is 1. The molecule has 2 atom stereocenters. The highest BCUT2D eigenvalue weighted by molar-refractivity contribution is 6.30. The van der Waals surface area contributed by atoms with E-state index >= 15 is 0 Å². The first-order valence-corrected chi connectivity index (χ1v) is 7.33. The maximum absolute atomic E-state index is 12.1. The standard InChI is InChI=1S/C16H18ClNO3/c17-12-7-5-11(6-8-12)9-10-18-15(19)13-3-1-2-4-14(13)16(20)21/h1-2,5-8,13-14H,3-4,9-10H2,(H,18,19)(H,20,21)/p-1/t13-,14+/m1/s1. The van der Waals surface area contributed by atoms with Crippen LogP contribution in [0.25, 0.3) is 0 Å². The topological polar surface area (TPSA) is 69.2 Å². The predicted molar refractivity (Wildman–Crippen MR) is 78.5 cm³/mol. The van der Waals surface area contributed by atoms with Crippen LogP contribution in [0, 0.1) is 11.8 Å². The maximum atomic E-state index is 12.1. The minimum Gasteiger partial charge on any atom is -0.550 e. The molecule has 0 unspecified atom stereocenters. The highest BCUT2D eigenvalue weighted by atomic mass is 35.5. The summed E-state index contributed by atoms with van der Waals surface area (Å²) in [4.78, 5) is 23.2. The molecule has 1 aliphatic carbocycles. The van der Waals surface area contributed by atoms with E-state index in [2.05, 4.69) is 5.32 Å². The maximum Gasteiger partial charge on any atom is 0.224 e. The molecule has 112 valence electrons. The van der Waals surface area contributed by atoms with Crippen molar-refractivity contribution in [2.75, 3.05) is 6.54 Å². The lowest BCUT2D eigenvalue weighted by Crippen LogP contribution is -2.44. The number of amides is 1. The Kier molecular flexibility index (Phi) is 5.39. The number of carboxylic acids is 1. The number of halogens is 1. The van der Waals surface area contributed by atoms with Crippen molar-refractivity contribution in [3.8, 4) is 0 Å². The Morgan fingerprint density at radius 2 is 1.76 bits per heavy atom. The number of hydrogen-bond acceptors (Lipinski definition) is 3. The zero-order chi connectivity index (χ0) is 15.2. The molecule has 2 rings (SSSR count). The second kappa shape index (κ2) is 7.27. The molecule has 0 saturated carbocycles. The molecule has 1 N–H and O–H groups in total. The lowest BCUT2D eigenvalue weighted by Gasteiger charge is -2.28. The number of hydrogen-bond donors (Lipinski definition) is 1. The van der Waals surface area contributed by atoms with E-state index in [-0.39, 0.29) is 5.91 Å². The van der Waals surface area contributed by atoms with Gasteiger partial charge in [-0.2, -0.15) is 0 Å². The summed E-state index contributed by atoms with van der Waals surface area (Å²) < 4.78 is 0. The zero-order valence-electron chi connectivity index (χ0n) is 11.5. The van der Waals surface area contributed by atoms with Crippen molar-refractivity contribution in [2.45, 2.75) is 19.3 Å². The molecule has 1 aliphatic rings. The fourth-order valence-electron chi connectivity index (χ4n) is 2.48. The molecule has 1 aromatic rings. The molecule has 0 spiro atoms. The molecular weight excluding hydrogens is 290 g/mol. The van der Waals surface area contributed by atoms with E-state index in [0.29, 0.717) is 30.8 Å². The summed E-state index contributed by atoms with van der Waals surface area (Å²) in [5, 5.41) is 14.5. The van der Waals surface area contributed by atoms with Crippen LogP contribution in [-0.2, 0) is 16.0 Å². The van der Waals surface area contributed by atoms with E-state index in [1.807, 2.05) is 18.2 Å². The van der Waals surface area contributed by atoms with E-state index in [0.717, 1.165) is 5.56 Å². The summed E-state index contributed by atoms with van der Waals surface area (Å²) in [6, 6.07) is 7.41. The van der Waals surface area contributed by atoms with Crippen LogP contribution in [0.4, 0.5) is 0 Å². The molecule has 21 heavy (non-hydrogen) atoms. The Morgan fingerprint density at radius 1 is 1.14 bits per heavy atom. The number of carboxylic acid groups (broad SMARTS) is 1. The SMILES string of the molecule is O=C([O-])[C@H]1CC=CC[C@H]1C(=O)NCCc1ccc(Cl)cc1. The molecule has 0 heterocycles. The third kappa shape index (κ3) is 4.33. The largest absolute Gasteiger partial charge is 0.550 e. The summed E-state index contributed by atoms with van der Waals surface area (Å²) in [7, 11) is 0. The number of rotatable bonds is 5. The highest BCUT2D eigenvalue weighted by Gasteiger charge is 2.29. The quantitative estimate of drug-likeness (QED) is 0.834. The first kappa shape index (κ1) is 15.6. The Labute approximate surface area is 128 Å².